The van der Waals surface area contributed by atoms with Gasteiger partial charge >= 0.3 is 6.09 Å². The number of aliphatic hydroxyl groups is 1. The lowest BCUT2D eigenvalue weighted by atomic mass is 9.86. The second-order valence-corrected chi connectivity index (χ2v) is 9.49. The zero-order valence-corrected chi connectivity index (χ0v) is 17.5. The van der Waals surface area contributed by atoms with Crippen LogP contribution in [-0.2, 0) is 15.1 Å². The molecular weight excluding hydrogens is 363 g/mol. The number of β-amino-alcohol motifs (C(OH)–C–C–N with tert-alkyl or cyclic N) is 1. The molecule has 0 aromatic heterocycles. The average molecular weight is 394 g/mol. The Morgan fingerprint density at radius 1 is 1.18 bits per heavy atom. The van der Waals surface area contributed by atoms with Crippen LogP contribution in [0.5, 0.6) is 0 Å². The summed E-state index contributed by atoms with van der Waals surface area (Å²) in [5.41, 5.74) is -1.90. The van der Waals surface area contributed by atoms with Crippen molar-refractivity contribution >= 4 is 12.0 Å². The van der Waals surface area contributed by atoms with Gasteiger partial charge in [-0.2, -0.15) is 0 Å². The van der Waals surface area contributed by atoms with Gasteiger partial charge in [-0.3, -0.25) is 4.79 Å². The van der Waals surface area contributed by atoms with Gasteiger partial charge in [0, 0.05) is 6.54 Å². The topological polar surface area (TPSA) is 78.9 Å². The summed E-state index contributed by atoms with van der Waals surface area (Å²) in [7, 11) is 0. The van der Waals surface area contributed by atoms with Crippen molar-refractivity contribution < 1.29 is 23.8 Å². The van der Waals surface area contributed by atoms with E-state index in [4.69, 9.17) is 4.74 Å². The fraction of sp³-hybridized carbons (Fsp3) is 0.619. The van der Waals surface area contributed by atoms with E-state index in [1.807, 2.05) is 20.8 Å². The second-order valence-electron chi connectivity index (χ2n) is 9.49. The molecule has 0 saturated carbocycles. The van der Waals surface area contributed by atoms with E-state index >= 15 is 0 Å². The summed E-state index contributed by atoms with van der Waals surface area (Å²) in [6.07, 6.45) is -0.318. The van der Waals surface area contributed by atoms with Crippen LogP contribution in [0.15, 0.2) is 24.3 Å². The van der Waals surface area contributed by atoms with Crippen molar-refractivity contribution in [2.45, 2.75) is 65.2 Å². The number of carbonyl (C=O) groups is 2. The molecule has 6 nitrogen and oxygen atoms in total. The normalized spacial score (nSPS) is 21.4. The summed E-state index contributed by atoms with van der Waals surface area (Å²) in [6, 6.07) is 4.84. The van der Waals surface area contributed by atoms with E-state index in [-0.39, 0.29) is 18.3 Å². The lowest BCUT2D eigenvalue weighted by molar-refractivity contribution is -0.136. The summed E-state index contributed by atoms with van der Waals surface area (Å²) in [5.74, 6) is -0.663. The molecule has 1 heterocycles. The summed E-state index contributed by atoms with van der Waals surface area (Å²) in [4.78, 5) is 26.9. The van der Waals surface area contributed by atoms with Crippen LogP contribution in [0.4, 0.5) is 9.18 Å². The molecule has 1 aliphatic heterocycles. The number of benzene rings is 1. The van der Waals surface area contributed by atoms with Gasteiger partial charge in [-0.25, -0.2) is 9.18 Å². The highest BCUT2D eigenvalue weighted by Crippen LogP contribution is 2.33. The Morgan fingerprint density at radius 2 is 1.75 bits per heavy atom. The van der Waals surface area contributed by atoms with Crippen molar-refractivity contribution in [2.75, 3.05) is 13.1 Å². The number of nitrogens with one attached hydrogen (secondary N) is 1. The molecule has 2 atom stereocenters. The first-order valence-corrected chi connectivity index (χ1v) is 9.48. The number of alkyl carbamates (subject to hydrolysis) is 1. The van der Waals surface area contributed by atoms with Crippen LogP contribution in [0, 0.1) is 11.2 Å². The zero-order valence-electron chi connectivity index (χ0n) is 17.5. The Kier molecular flexibility index (Phi) is 6.09. The van der Waals surface area contributed by atoms with Crippen LogP contribution >= 0.6 is 0 Å². The van der Waals surface area contributed by atoms with Crippen molar-refractivity contribution in [3.8, 4) is 0 Å². The minimum absolute atomic E-state index is 0.0834. The lowest BCUT2D eigenvalue weighted by Gasteiger charge is -2.34. The summed E-state index contributed by atoms with van der Waals surface area (Å²) in [5, 5.41) is 13.6. The number of ether oxygens (including phenoxy) is 1. The number of hydrogen-bond donors (Lipinski definition) is 2. The minimum atomic E-state index is -1.24. The predicted octanol–water partition coefficient (Wildman–Crippen LogP) is 3.19. The fourth-order valence-corrected chi connectivity index (χ4v) is 3.23. The molecule has 2 amide bonds. The Labute approximate surface area is 166 Å². The Morgan fingerprint density at radius 3 is 2.25 bits per heavy atom. The van der Waals surface area contributed by atoms with Crippen molar-refractivity contribution in [1.29, 1.82) is 0 Å². The molecule has 0 spiro atoms. The largest absolute Gasteiger partial charge is 0.444 e. The number of amides is 2. The van der Waals surface area contributed by atoms with Crippen LogP contribution in [-0.4, -0.2) is 46.7 Å². The highest BCUT2D eigenvalue weighted by Gasteiger charge is 2.44. The quantitative estimate of drug-likeness (QED) is 0.825. The Hall–Kier alpha value is -2.15. The first-order valence-electron chi connectivity index (χ1n) is 9.48. The monoisotopic (exact) mass is 394 g/mol. The van der Waals surface area contributed by atoms with Gasteiger partial charge < -0.3 is 20.1 Å². The molecule has 2 unspecified atom stereocenters. The number of likely N-dealkylation sites (tertiary alicyclic amines) is 1. The van der Waals surface area contributed by atoms with Gasteiger partial charge in [0.15, 0.2) is 0 Å². The number of hydrogen-bond acceptors (Lipinski definition) is 4. The highest BCUT2D eigenvalue weighted by atomic mass is 19.1. The lowest BCUT2D eigenvalue weighted by Crippen LogP contribution is -2.55. The summed E-state index contributed by atoms with van der Waals surface area (Å²) >= 11 is 0. The summed E-state index contributed by atoms with van der Waals surface area (Å²) in [6.45, 7) is 11.3. The summed E-state index contributed by atoms with van der Waals surface area (Å²) < 4.78 is 18.5. The third kappa shape index (κ3) is 5.44. The van der Waals surface area contributed by atoms with Gasteiger partial charge in [0.25, 0.3) is 0 Å². The second kappa shape index (κ2) is 7.70. The third-order valence-electron chi connectivity index (χ3n) is 4.72. The first-order chi connectivity index (χ1) is 12.7. The van der Waals surface area contributed by atoms with E-state index in [1.54, 1.807) is 20.8 Å². The van der Waals surface area contributed by atoms with Crippen LogP contribution in [0.25, 0.3) is 0 Å². The maximum atomic E-state index is 13.2. The number of rotatable bonds is 3. The van der Waals surface area contributed by atoms with Crippen LogP contribution in [0.2, 0.25) is 0 Å². The molecule has 1 aromatic rings. The van der Waals surface area contributed by atoms with Crippen molar-refractivity contribution in [3.63, 3.8) is 0 Å². The molecule has 156 valence electrons. The van der Waals surface area contributed by atoms with E-state index in [0.717, 1.165) is 0 Å². The zero-order chi connectivity index (χ0) is 21.3. The average Bonchev–Trinajstić information content (AvgIpc) is 2.93. The third-order valence-corrected chi connectivity index (χ3v) is 4.72. The van der Waals surface area contributed by atoms with Gasteiger partial charge in [-0.1, -0.05) is 32.9 Å². The number of halogens is 1. The van der Waals surface area contributed by atoms with E-state index in [2.05, 4.69) is 5.32 Å². The smallest absolute Gasteiger partial charge is 0.408 e. The van der Waals surface area contributed by atoms with Gasteiger partial charge in [-0.05, 0) is 50.3 Å². The Balaban J connectivity index is 2.14. The van der Waals surface area contributed by atoms with E-state index in [0.29, 0.717) is 18.5 Å². The SMILES string of the molecule is CC(C)(C)OC(=O)NC(C(=O)N1CCC(O)(c2ccc(F)cc2)C1)C(C)(C)C. The molecule has 0 bridgehead atoms. The first kappa shape index (κ1) is 22.1. The van der Waals surface area contributed by atoms with Crippen molar-refractivity contribution in [1.82, 2.24) is 10.2 Å². The van der Waals surface area contributed by atoms with Crippen LogP contribution in [0.3, 0.4) is 0 Å². The standard InChI is InChI=1S/C21H31FN2O4/c1-19(2,3)16(23-18(26)28-20(4,5)6)17(25)24-12-11-21(27,13-24)14-7-9-15(22)10-8-14/h7-10,16,27H,11-13H2,1-6H3,(H,23,26). The number of nitrogens with zero attached hydrogens (tertiary/aromatic N) is 1. The minimum Gasteiger partial charge on any atom is -0.444 e. The van der Waals surface area contributed by atoms with E-state index in [1.165, 1.54) is 29.2 Å². The molecule has 2 N–H and O–H groups in total. The van der Waals surface area contributed by atoms with Gasteiger partial charge in [0.05, 0.1) is 6.54 Å². The fourth-order valence-electron chi connectivity index (χ4n) is 3.23. The number of carbonyl (C=O) groups excluding carboxylic acids is 2. The van der Waals surface area contributed by atoms with E-state index in [9.17, 15) is 19.1 Å². The molecule has 1 aromatic carbocycles. The molecule has 0 radical (unpaired) electrons. The molecular formula is C21H31FN2O4. The molecule has 7 heteroatoms. The Bertz CT molecular complexity index is 721. The molecule has 1 aliphatic rings. The van der Waals surface area contributed by atoms with Crippen molar-refractivity contribution in [2.24, 2.45) is 5.41 Å². The van der Waals surface area contributed by atoms with Gasteiger partial charge in [0.1, 0.15) is 23.1 Å². The maximum Gasteiger partial charge on any atom is 0.408 e. The predicted molar refractivity (Wildman–Crippen MR) is 104 cm³/mol. The van der Waals surface area contributed by atoms with Crippen LogP contribution in [0.1, 0.15) is 53.5 Å². The molecule has 1 fully saturated rings. The van der Waals surface area contributed by atoms with Crippen molar-refractivity contribution in [3.05, 3.63) is 35.6 Å². The maximum absolute atomic E-state index is 13.2. The highest BCUT2D eigenvalue weighted by molar-refractivity contribution is 5.87. The molecule has 2 rings (SSSR count). The molecule has 0 aliphatic carbocycles. The molecule has 28 heavy (non-hydrogen) atoms. The van der Waals surface area contributed by atoms with Gasteiger partial charge in [0.2, 0.25) is 5.91 Å². The van der Waals surface area contributed by atoms with Gasteiger partial charge in [-0.15, -0.1) is 0 Å². The van der Waals surface area contributed by atoms with E-state index < -0.39 is 28.8 Å². The van der Waals surface area contributed by atoms with Crippen LogP contribution < -0.4 is 5.32 Å². The molecule has 1 saturated heterocycles.